The van der Waals surface area contributed by atoms with Gasteiger partial charge in [-0.05, 0) is 36.5 Å². The number of hydrogen-bond acceptors (Lipinski definition) is 2. The lowest BCUT2D eigenvalue weighted by atomic mass is 9.87. The SMILES string of the molecule is CCCCCCNC(=O)C(C)Oc1ccc(C(C)(C)C)cc1. The van der Waals surface area contributed by atoms with E-state index in [4.69, 9.17) is 4.74 Å². The molecule has 3 heteroatoms. The van der Waals surface area contributed by atoms with Gasteiger partial charge in [0.1, 0.15) is 5.75 Å². The molecule has 1 aromatic rings. The third-order valence-corrected chi connectivity index (χ3v) is 3.73. The van der Waals surface area contributed by atoms with Crippen LogP contribution in [0.25, 0.3) is 0 Å². The van der Waals surface area contributed by atoms with Crippen molar-refractivity contribution in [3.8, 4) is 5.75 Å². The average molecular weight is 305 g/mol. The van der Waals surface area contributed by atoms with Crippen molar-refractivity contribution in [3.63, 3.8) is 0 Å². The van der Waals surface area contributed by atoms with Crippen molar-refractivity contribution >= 4 is 5.91 Å². The fourth-order valence-electron chi connectivity index (χ4n) is 2.20. The Balaban J connectivity index is 2.40. The molecule has 1 atom stereocenters. The molecule has 0 aliphatic rings. The third-order valence-electron chi connectivity index (χ3n) is 3.73. The van der Waals surface area contributed by atoms with Crippen LogP contribution >= 0.6 is 0 Å². The van der Waals surface area contributed by atoms with E-state index in [2.05, 4.69) is 45.1 Å². The van der Waals surface area contributed by atoms with E-state index in [1.54, 1.807) is 6.92 Å². The molecular formula is C19H31NO2. The predicted octanol–water partition coefficient (Wildman–Crippen LogP) is 4.45. The Labute approximate surface area is 135 Å². The first-order valence-corrected chi connectivity index (χ1v) is 8.39. The number of hydrogen-bond donors (Lipinski definition) is 1. The van der Waals surface area contributed by atoms with Gasteiger partial charge in [0, 0.05) is 6.54 Å². The van der Waals surface area contributed by atoms with Gasteiger partial charge in [0.25, 0.3) is 5.91 Å². The third kappa shape index (κ3) is 6.50. The first kappa shape index (κ1) is 18.5. The van der Waals surface area contributed by atoms with Gasteiger partial charge < -0.3 is 10.1 Å². The van der Waals surface area contributed by atoms with Crippen LogP contribution in [-0.4, -0.2) is 18.6 Å². The summed E-state index contributed by atoms with van der Waals surface area (Å²) in [4.78, 5) is 12.0. The molecule has 0 fully saturated rings. The van der Waals surface area contributed by atoms with Crippen LogP contribution < -0.4 is 10.1 Å². The summed E-state index contributed by atoms with van der Waals surface area (Å²) in [7, 11) is 0. The highest BCUT2D eigenvalue weighted by Crippen LogP contribution is 2.24. The Bertz CT molecular complexity index is 445. The van der Waals surface area contributed by atoms with Gasteiger partial charge in [-0.15, -0.1) is 0 Å². The first-order chi connectivity index (χ1) is 10.3. The van der Waals surface area contributed by atoms with Gasteiger partial charge >= 0.3 is 0 Å². The topological polar surface area (TPSA) is 38.3 Å². The highest BCUT2D eigenvalue weighted by atomic mass is 16.5. The van der Waals surface area contributed by atoms with Crippen molar-refractivity contribution in [1.29, 1.82) is 0 Å². The van der Waals surface area contributed by atoms with Crippen molar-refractivity contribution in [1.82, 2.24) is 5.32 Å². The molecule has 1 N–H and O–H groups in total. The highest BCUT2D eigenvalue weighted by Gasteiger charge is 2.16. The molecular weight excluding hydrogens is 274 g/mol. The molecule has 0 heterocycles. The molecule has 1 unspecified atom stereocenters. The monoisotopic (exact) mass is 305 g/mol. The number of ether oxygens (including phenoxy) is 1. The number of carbonyl (C=O) groups is 1. The zero-order valence-electron chi connectivity index (χ0n) is 14.7. The summed E-state index contributed by atoms with van der Waals surface area (Å²) in [6.07, 6.45) is 4.17. The highest BCUT2D eigenvalue weighted by molar-refractivity contribution is 5.80. The minimum Gasteiger partial charge on any atom is -0.481 e. The summed E-state index contributed by atoms with van der Waals surface area (Å²) in [6, 6.07) is 7.99. The molecule has 1 aromatic carbocycles. The molecule has 0 aliphatic carbocycles. The van der Waals surface area contributed by atoms with E-state index in [9.17, 15) is 4.79 Å². The Morgan fingerprint density at radius 1 is 1.14 bits per heavy atom. The van der Waals surface area contributed by atoms with E-state index in [1.165, 1.54) is 24.8 Å². The van der Waals surface area contributed by atoms with Crippen molar-refractivity contribution in [2.24, 2.45) is 0 Å². The lowest BCUT2D eigenvalue weighted by Gasteiger charge is -2.20. The smallest absolute Gasteiger partial charge is 0.260 e. The lowest BCUT2D eigenvalue weighted by Crippen LogP contribution is -2.36. The molecule has 0 saturated carbocycles. The molecule has 124 valence electrons. The molecule has 0 aromatic heterocycles. The Hall–Kier alpha value is -1.51. The second-order valence-corrected chi connectivity index (χ2v) is 6.89. The van der Waals surface area contributed by atoms with Gasteiger partial charge in [0.15, 0.2) is 6.10 Å². The summed E-state index contributed by atoms with van der Waals surface area (Å²) in [5.41, 5.74) is 1.38. The van der Waals surface area contributed by atoms with Gasteiger partial charge in [-0.3, -0.25) is 4.79 Å². The molecule has 0 spiro atoms. The van der Waals surface area contributed by atoms with E-state index in [1.807, 2.05) is 12.1 Å². The summed E-state index contributed by atoms with van der Waals surface area (Å²) in [5, 5.41) is 2.93. The molecule has 3 nitrogen and oxygen atoms in total. The first-order valence-electron chi connectivity index (χ1n) is 8.39. The van der Waals surface area contributed by atoms with Gasteiger partial charge in [-0.1, -0.05) is 59.1 Å². The summed E-state index contributed by atoms with van der Waals surface area (Å²) in [6.45, 7) is 11.2. The molecule has 0 aliphatic heterocycles. The van der Waals surface area contributed by atoms with Crippen molar-refractivity contribution in [2.45, 2.75) is 71.8 Å². The Morgan fingerprint density at radius 3 is 2.32 bits per heavy atom. The number of nitrogens with one attached hydrogen (secondary N) is 1. The zero-order valence-corrected chi connectivity index (χ0v) is 14.7. The van der Waals surface area contributed by atoms with E-state index in [-0.39, 0.29) is 11.3 Å². The van der Waals surface area contributed by atoms with E-state index >= 15 is 0 Å². The quantitative estimate of drug-likeness (QED) is 0.721. The van der Waals surface area contributed by atoms with Gasteiger partial charge in [0.2, 0.25) is 0 Å². The number of carbonyl (C=O) groups excluding carboxylic acids is 1. The predicted molar refractivity (Wildman–Crippen MR) is 92.4 cm³/mol. The fourth-order valence-corrected chi connectivity index (χ4v) is 2.20. The van der Waals surface area contributed by atoms with Gasteiger partial charge in [-0.2, -0.15) is 0 Å². The number of rotatable bonds is 8. The van der Waals surface area contributed by atoms with Crippen molar-refractivity contribution in [2.75, 3.05) is 6.54 Å². The van der Waals surface area contributed by atoms with Crippen LogP contribution in [0.4, 0.5) is 0 Å². The number of unbranched alkanes of at least 4 members (excludes halogenated alkanes) is 3. The second kappa shape index (κ2) is 8.82. The molecule has 0 saturated heterocycles. The second-order valence-electron chi connectivity index (χ2n) is 6.89. The maximum atomic E-state index is 12.0. The number of amides is 1. The molecule has 0 bridgehead atoms. The minimum absolute atomic E-state index is 0.0450. The maximum Gasteiger partial charge on any atom is 0.260 e. The van der Waals surface area contributed by atoms with Crippen LogP contribution in [-0.2, 0) is 10.2 Å². The largest absolute Gasteiger partial charge is 0.481 e. The normalized spacial score (nSPS) is 12.8. The molecule has 0 radical (unpaired) electrons. The van der Waals surface area contributed by atoms with Crippen LogP contribution in [0.2, 0.25) is 0 Å². The van der Waals surface area contributed by atoms with Crippen molar-refractivity contribution < 1.29 is 9.53 Å². The van der Waals surface area contributed by atoms with E-state index in [0.717, 1.165) is 18.7 Å². The molecule has 1 rings (SSSR count). The van der Waals surface area contributed by atoms with Crippen LogP contribution in [0, 0.1) is 0 Å². The summed E-state index contributed by atoms with van der Waals surface area (Å²) >= 11 is 0. The zero-order chi connectivity index (χ0) is 16.6. The minimum atomic E-state index is -0.466. The lowest BCUT2D eigenvalue weighted by molar-refractivity contribution is -0.127. The van der Waals surface area contributed by atoms with Crippen molar-refractivity contribution in [3.05, 3.63) is 29.8 Å². The Kier molecular flexibility index (Phi) is 7.43. The molecule has 1 amide bonds. The van der Waals surface area contributed by atoms with Crippen LogP contribution in [0.15, 0.2) is 24.3 Å². The Morgan fingerprint density at radius 2 is 1.77 bits per heavy atom. The fraction of sp³-hybridized carbons (Fsp3) is 0.632. The van der Waals surface area contributed by atoms with Crippen LogP contribution in [0.3, 0.4) is 0 Å². The maximum absolute atomic E-state index is 12.0. The summed E-state index contributed by atoms with van der Waals surface area (Å²) in [5.74, 6) is 0.693. The summed E-state index contributed by atoms with van der Waals surface area (Å²) < 4.78 is 5.71. The standard InChI is InChI=1S/C19H31NO2/c1-6-7-8-9-14-20-18(21)15(2)22-17-12-10-16(11-13-17)19(3,4)5/h10-13,15H,6-9,14H2,1-5H3,(H,20,21). The van der Waals surface area contributed by atoms with Crippen LogP contribution in [0.5, 0.6) is 5.75 Å². The van der Waals surface area contributed by atoms with Crippen LogP contribution in [0.1, 0.15) is 65.9 Å². The van der Waals surface area contributed by atoms with Gasteiger partial charge in [-0.25, -0.2) is 0 Å². The van der Waals surface area contributed by atoms with E-state index < -0.39 is 6.10 Å². The van der Waals surface area contributed by atoms with E-state index in [0.29, 0.717) is 0 Å². The number of benzene rings is 1. The molecule has 22 heavy (non-hydrogen) atoms. The van der Waals surface area contributed by atoms with Gasteiger partial charge in [0.05, 0.1) is 0 Å². The average Bonchev–Trinajstić information content (AvgIpc) is 2.46.